The smallest absolute Gasteiger partial charge is 0.261 e. The Hall–Kier alpha value is -1.86. The van der Waals surface area contributed by atoms with Crippen LogP contribution in [0, 0.1) is 6.92 Å². The molecule has 0 saturated heterocycles. The lowest BCUT2D eigenvalue weighted by Crippen LogP contribution is -2.23. The third-order valence-electron chi connectivity index (χ3n) is 2.72. The zero-order valence-electron chi connectivity index (χ0n) is 11.7. The minimum absolute atomic E-state index is 0.165. The average Bonchev–Trinajstić information content (AvgIpc) is 2.82. The second-order valence-electron chi connectivity index (χ2n) is 4.62. The number of amides is 1. The Kier molecular flexibility index (Phi) is 4.64. The van der Waals surface area contributed by atoms with Gasteiger partial charge >= 0.3 is 0 Å². The van der Waals surface area contributed by atoms with Crippen LogP contribution in [0.5, 0.6) is 0 Å². The van der Waals surface area contributed by atoms with Crippen LogP contribution in [0.15, 0.2) is 36.4 Å². The van der Waals surface area contributed by atoms with Crippen LogP contribution in [0.3, 0.4) is 0 Å². The summed E-state index contributed by atoms with van der Waals surface area (Å²) in [5.41, 5.74) is 1.19. The van der Waals surface area contributed by atoms with Crippen LogP contribution in [0.2, 0.25) is 0 Å². The first kappa shape index (κ1) is 15.5. The third-order valence-corrected chi connectivity index (χ3v) is 4.31. The molecule has 2 aromatic rings. The predicted molar refractivity (Wildman–Crippen MR) is 85.1 cm³/mol. The SMILES string of the molecule is Cc1ccc(C(=O)NCc2ccccc2NS(C)(=O)=O)s1. The number of nitrogens with one attached hydrogen (secondary N) is 2. The van der Waals surface area contributed by atoms with Crippen molar-refractivity contribution in [2.75, 3.05) is 11.0 Å². The fourth-order valence-corrected chi connectivity index (χ4v) is 3.18. The van der Waals surface area contributed by atoms with E-state index in [0.29, 0.717) is 16.1 Å². The number of para-hydroxylation sites is 1. The van der Waals surface area contributed by atoms with Gasteiger partial charge in [-0.1, -0.05) is 18.2 Å². The molecule has 0 fully saturated rings. The number of rotatable bonds is 5. The molecule has 112 valence electrons. The second-order valence-corrected chi connectivity index (χ2v) is 7.66. The van der Waals surface area contributed by atoms with Crippen molar-refractivity contribution in [3.05, 3.63) is 51.7 Å². The van der Waals surface area contributed by atoms with Crippen LogP contribution in [-0.2, 0) is 16.6 Å². The van der Waals surface area contributed by atoms with Gasteiger partial charge in [-0.2, -0.15) is 0 Å². The Bertz CT molecular complexity index is 751. The molecule has 0 spiro atoms. The van der Waals surface area contributed by atoms with Crippen molar-refractivity contribution in [3.8, 4) is 0 Å². The van der Waals surface area contributed by atoms with Crippen molar-refractivity contribution < 1.29 is 13.2 Å². The summed E-state index contributed by atoms with van der Waals surface area (Å²) in [5, 5.41) is 2.79. The summed E-state index contributed by atoms with van der Waals surface area (Å²) in [4.78, 5) is 13.7. The van der Waals surface area contributed by atoms with Gasteiger partial charge in [0.15, 0.2) is 0 Å². The zero-order valence-corrected chi connectivity index (χ0v) is 13.3. The fraction of sp³-hybridized carbons (Fsp3) is 0.214. The average molecular weight is 324 g/mol. The van der Waals surface area contributed by atoms with Crippen LogP contribution < -0.4 is 10.0 Å². The Morgan fingerprint density at radius 3 is 2.52 bits per heavy atom. The summed E-state index contributed by atoms with van der Waals surface area (Å²) in [6, 6.07) is 10.6. The monoisotopic (exact) mass is 324 g/mol. The molecular weight excluding hydrogens is 308 g/mol. The lowest BCUT2D eigenvalue weighted by molar-refractivity contribution is 0.0955. The van der Waals surface area contributed by atoms with Gasteiger partial charge in [-0.25, -0.2) is 8.42 Å². The molecule has 1 aromatic heterocycles. The summed E-state index contributed by atoms with van der Waals surface area (Å²) >= 11 is 1.42. The van der Waals surface area contributed by atoms with Gasteiger partial charge in [0.05, 0.1) is 16.8 Å². The number of hydrogen-bond acceptors (Lipinski definition) is 4. The molecule has 0 atom stereocenters. The molecule has 0 bridgehead atoms. The summed E-state index contributed by atoms with van der Waals surface area (Å²) in [7, 11) is -3.35. The molecular formula is C14H16N2O3S2. The quantitative estimate of drug-likeness (QED) is 0.886. The van der Waals surface area contributed by atoms with Crippen molar-refractivity contribution in [2.24, 2.45) is 0 Å². The van der Waals surface area contributed by atoms with Crippen molar-refractivity contribution in [1.29, 1.82) is 0 Å². The number of benzene rings is 1. The van der Waals surface area contributed by atoms with E-state index in [4.69, 9.17) is 0 Å². The van der Waals surface area contributed by atoms with Gasteiger partial charge in [0.1, 0.15) is 0 Å². The minimum Gasteiger partial charge on any atom is -0.347 e. The molecule has 7 heteroatoms. The molecule has 0 radical (unpaired) electrons. The minimum atomic E-state index is -3.35. The van der Waals surface area contributed by atoms with Gasteiger partial charge in [-0.05, 0) is 30.7 Å². The lowest BCUT2D eigenvalue weighted by Gasteiger charge is -2.11. The standard InChI is InChI=1S/C14H16N2O3S2/c1-10-7-8-13(20-10)14(17)15-9-11-5-3-4-6-12(11)16-21(2,18)19/h3-8,16H,9H2,1-2H3,(H,15,17). The van der Waals surface area contributed by atoms with E-state index in [1.807, 2.05) is 13.0 Å². The maximum Gasteiger partial charge on any atom is 0.261 e. The van der Waals surface area contributed by atoms with Gasteiger partial charge in [0.25, 0.3) is 5.91 Å². The molecule has 0 unspecified atom stereocenters. The number of carbonyl (C=O) groups excluding carboxylic acids is 1. The highest BCUT2D eigenvalue weighted by Gasteiger charge is 2.10. The van der Waals surface area contributed by atoms with Crippen molar-refractivity contribution in [1.82, 2.24) is 5.32 Å². The van der Waals surface area contributed by atoms with E-state index >= 15 is 0 Å². The molecule has 1 aromatic carbocycles. The van der Waals surface area contributed by atoms with Crippen molar-refractivity contribution >= 4 is 33.0 Å². The molecule has 21 heavy (non-hydrogen) atoms. The predicted octanol–water partition coefficient (Wildman–Crippen LogP) is 2.36. The van der Waals surface area contributed by atoms with E-state index in [0.717, 1.165) is 11.1 Å². The van der Waals surface area contributed by atoms with Gasteiger partial charge in [-0.3, -0.25) is 9.52 Å². The summed E-state index contributed by atoms with van der Waals surface area (Å²) in [6.45, 7) is 2.20. The normalized spacial score (nSPS) is 11.1. The highest BCUT2D eigenvalue weighted by molar-refractivity contribution is 7.92. The second kappa shape index (κ2) is 6.28. The first-order chi connectivity index (χ1) is 9.85. The lowest BCUT2D eigenvalue weighted by atomic mass is 10.2. The molecule has 0 aliphatic heterocycles. The van der Waals surface area contributed by atoms with Gasteiger partial charge < -0.3 is 5.32 Å². The van der Waals surface area contributed by atoms with Crippen LogP contribution in [0.25, 0.3) is 0 Å². The summed E-state index contributed by atoms with van der Waals surface area (Å²) in [6.07, 6.45) is 1.09. The third kappa shape index (κ3) is 4.57. The highest BCUT2D eigenvalue weighted by Crippen LogP contribution is 2.18. The number of thiophene rings is 1. The molecule has 0 saturated carbocycles. The molecule has 2 rings (SSSR count). The van der Waals surface area contributed by atoms with E-state index in [2.05, 4.69) is 10.0 Å². The van der Waals surface area contributed by atoms with E-state index in [1.165, 1.54) is 11.3 Å². The molecule has 1 amide bonds. The van der Waals surface area contributed by atoms with Gasteiger partial charge in [-0.15, -0.1) is 11.3 Å². The van der Waals surface area contributed by atoms with E-state index in [1.54, 1.807) is 30.3 Å². The van der Waals surface area contributed by atoms with Crippen LogP contribution >= 0.6 is 11.3 Å². The number of sulfonamides is 1. The largest absolute Gasteiger partial charge is 0.347 e. The molecule has 0 aliphatic rings. The molecule has 0 aliphatic carbocycles. The maximum absolute atomic E-state index is 12.0. The molecule has 2 N–H and O–H groups in total. The van der Waals surface area contributed by atoms with E-state index in [-0.39, 0.29) is 12.5 Å². The van der Waals surface area contributed by atoms with Crippen molar-refractivity contribution in [2.45, 2.75) is 13.5 Å². The zero-order chi connectivity index (χ0) is 15.5. The van der Waals surface area contributed by atoms with Gasteiger partial charge in [0, 0.05) is 11.4 Å². The fourth-order valence-electron chi connectivity index (χ4n) is 1.79. The van der Waals surface area contributed by atoms with Crippen molar-refractivity contribution in [3.63, 3.8) is 0 Å². The first-order valence-corrected chi connectivity index (χ1v) is 8.96. The Balaban J connectivity index is 2.08. The number of anilines is 1. The highest BCUT2D eigenvalue weighted by atomic mass is 32.2. The van der Waals surface area contributed by atoms with Crippen LogP contribution in [0.1, 0.15) is 20.1 Å². The number of carbonyl (C=O) groups is 1. The Morgan fingerprint density at radius 1 is 1.19 bits per heavy atom. The van der Waals surface area contributed by atoms with Crippen LogP contribution in [-0.4, -0.2) is 20.6 Å². The summed E-state index contributed by atoms with van der Waals surface area (Å²) < 4.78 is 25.1. The Labute approximate surface area is 128 Å². The first-order valence-electron chi connectivity index (χ1n) is 6.25. The van der Waals surface area contributed by atoms with Gasteiger partial charge in [0.2, 0.25) is 10.0 Å². The number of hydrogen-bond donors (Lipinski definition) is 2. The Morgan fingerprint density at radius 2 is 1.90 bits per heavy atom. The van der Waals surface area contributed by atoms with E-state index < -0.39 is 10.0 Å². The van der Waals surface area contributed by atoms with Crippen LogP contribution in [0.4, 0.5) is 5.69 Å². The molecule has 5 nitrogen and oxygen atoms in total. The molecule has 1 heterocycles. The topological polar surface area (TPSA) is 75.3 Å². The number of aryl methyl sites for hydroxylation is 1. The van der Waals surface area contributed by atoms with E-state index in [9.17, 15) is 13.2 Å². The maximum atomic E-state index is 12.0. The summed E-state index contributed by atoms with van der Waals surface area (Å²) in [5.74, 6) is -0.165.